The third-order valence-corrected chi connectivity index (χ3v) is 15.7. The predicted molar refractivity (Wildman–Crippen MR) is 320 cm³/mol. The van der Waals surface area contributed by atoms with E-state index in [1.807, 2.05) is 73.1 Å². The van der Waals surface area contributed by atoms with Gasteiger partial charge in [0.15, 0.2) is 11.6 Å². The number of para-hydroxylation sites is 4. The molecule has 0 amide bonds. The summed E-state index contributed by atoms with van der Waals surface area (Å²) in [6.45, 7) is 9.28. The van der Waals surface area contributed by atoms with E-state index in [-0.39, 0.29) is 10.8 Å². The van der Waals surface area contributed by atoms with Crippen molar-refractivity contribution in [3.8, 4) is 79.2 Å². The highest BCUT2D eigenvalue weighted by molar-refractivity contribution is 5.93. The van der Waals surface area contributed by atoms with Crippen molar-refractivity contribution in [3.05, 3.63) is 266 Å². The van der Waals surface area contributed by atoms with E-state index in [0.29, 0.717) is 23.0 Å². The van der Waals surface area contributed by atoms with Gasteiger partial charge in [0.2, 0.25) is 0 Å². The number of nitrogens with zero attached hydrogens (tertiary/aromatic N) is 10. The zero-order valence-corrected chi connectivity index (χ0v) is 44.6. The number of anilines is 6. The van der Waals surface area contributed by atoms with Crippen molar-refractivity contribution in [1.82, 2.24) is 39.9 Å². The number of hydrogen-bond acceptors (Lipinski definition) is 10. The monoisotopic (exact) mass is 1030 g/mol. The molecule has 14 rings (SSSR count). The van der Waals surface area contributed by atoms with Crippen molar-refractivity contribution >= 4 is 34.1 Å². The standard InChI is InChI=1S/C70H52N10/c1-69(2)53-21-5-9-27-63(53)79(64-28-10-6-22-54(64)69)51-37-47(35-49(39-51)59-41-61(57-25-13-15-33-73-57)77-67(75-59)45-19-17-31-71-43-45)48-36-50(60-42-62(58-26-14-16-34-74-58)78-68(76-60)46-20-18-32-72-44-46)40-52(38-48)80-65-29-11-7-23-55(65)70(3,4)56-24-8-12-30-66(56)80/h5-44H,1-4H3. The van der Waals surface area contributed by atoms with Crippen molar-refractivity contribution in [2.24, 2.45) is 0 Å². The topological polar surface area (TPSA) is 110 Å². The zero-order valence-electron chi connectivity index (χ0n) is 44.6. The van der Waals surface area contributed by atoms with E-state index in [0.717, 1.165) is 90.3 Å². The Balaban J connectivity index is 1.07. The largest absolute Gasteiger partial charge is 0.310 e. The first-order chi connectivity index (χ1) is 39.2. The van der Waals surface area contributed by atoms with Crippen LogP contribution in [0.1, 0.15) is 49.9 Å². The lowest BCUT2D eigenvalue weighted by atomic mass is 9.73. The van der Waals surface area contributed by atoms with Crippen LogP contribution in [0.25, 0.3) is 79.2 Å². The van der Waals surface area contributed by atoms with E-state index in [9.17, 15) is 0 Å². The summed E-state index contributed by atoms with van der Waals surface area (Å²) in [5.41, 5.74) is 20.4. The van der Waals surface area contributed by atoms with E-state index in [1.54, 1.807) is 24.8 Å². The lowest BCUT2D eigenvalue weighted by Gasteiger charge is -2.42. The van der Waals surface area contributed by atoms with Gasteiger partial charge in [0, 0.05) is 81.6 Å². The minimum atomic E-state index is -0.272. The van der Waals surface area contributed by atoms with Crippen LogP contribution >= 0.6 is 0 Å². The van der Waals surface area contributed by atoms with Gasteiger partial charge in [0.25, 0.3) is 0 Å². The zero-order chi connectivity index (χ0) is 54.0. The Labute approximate surface area is 465 Å². The molecule has 0 spiro atoms. The SMILES string of the molecule is CC1(C)c2ccccc2N(c2cc(-c3cc(-c4cc(-c5ccccn5)nc(-c5cccnc5)n4)cc(N4c5ccccc5C(C)(C)c5ccccc54)c3)cc(-c3cc(-c4ccccn4)nc(-c4cccnc4)n3)c2)c2ccccc21. The van der Waals surface area contributed by atoms with Crippen molar-refractivity contribution in [2.45, 2.75) is 38.5 Å². The number of aromatic nitrogens is 8. The highest BCUT2D eigenvalue weighted by Crippen LogP contribution is 2.55. The molecule has 0 atom stereocenters. The first-order valence-electron chi connectivity index (χ1n) is 26.9. The van der Waals surface area contributed by atoms with Gasteiger partial charge in [-0.15, -0.1) is 0 Å². The Morgan fingerprint density at radius 2 is 0.637 bits per heavy atom. The van der Waals surface area contributed by atoms with Crippen molar-refractivity contribution < 1.29 is 0 Å². The van der Waals surface area contributed by atoms with Gasteiger partial charge in [-0.1, -0.05) is 113 Å². The first kappa shape index (κ1) is 48.1. The summed E-state index contributed by atoms with van der Waals surface area (Å²) in [6.07, 6.45) is 10.8. The van der Waals surface area contributed by atoms with Gasteiger partial charge in [-0.2, -0.15) is 0 Å². The average Bonchev–Trinajstić information content (AvgIpc) is 3.66. The van der Waals surface area contributed by atoms with Crippen LogP contribution in [0.4, 0.5) is 34.1 Å². The number of fused-ring (bicyclic) bond motifs is 4. The van der Waals surface area contributed by atoms with Crippen LogP contribution in [-0.2, 0) is 10.8 Å². The van der Waals surface area contributed by atoms with Crippen LogP contribution in [-0.4, -0.2) is 39.9 Å². The van der Waals surface area contributed by atoms with E-state index in [2.05, 4.69) is 193 Å². The third kappa shape index (κ3) is 8.36. The molecule has 10 nitrogen and oxygen atoms in total. The fraction of sp³-hybridized carbons (Fsp3) is 0.0857. The second-order valence-corrected chi connectivity index (χ2v) is 21.4. The number of benzene rings is 6. The van der Waals surface area contributed by atoms with Gasteiger partial charge in [0.1, 0.15) is 0 Å². The fourth-order valence-corrected chi connectivity index (χ4v) is 11.7. The molecule has 0 N–H and O–H groups in total. The number of pyridine rings is 4. The molecule has 0 aliphatic carbocycles. The molecule has 6 aromatic heterocycles. The van der Waals surface area contributed by atoms with Gasteiger partial charge in [-0.3, -0.25) is 19.9 Å². The van der Waals surface area contributed by atoms with E-state index in [1.165, 1.54) is 22.3 Å². The summed E-state index contributed by atoms with van der Waals surface area (Å²) in [6, 6.07) is 72.5. The van der Waals surface area contributed by atoms with Crippen LogP contribution in [0.5, 0.6) is 0 Å². The minimum Gasteiger partial charge on any atom is -0.310 e. The Morgan fingerprint density at radius 3 is 0.988 bits per heavy atom. The minimum absolute atomic E-state index is 0.272. The first-order valence-corrected chi connectivity index (χ1v) is 26.9. The van der Waals surface area contributed by atoms with Crippen LogP contribution < -0.4 is 9.80 Å². The second-order valence-electron chi connectivity index (χ2n) is 21.4. The lowest BCUT2D eigenvalue weighted by Crippen LogP contribution is -2.30. The smallest absolute Gasteiger partial charge is 0.162 e. The molecule has 6 aromatic carbocycles. The molecular formula is C70H52N10. The summed E-state index contributed by atoms with van der Waals surface area (Å²) < 4.78 is 0. The molecule has 382 valence electrons. The van der Waals surface area contributed by atoms with Crippen molar-refractivity contribution in [2.75, 3.05) is 9.80 Å². The maximum absolute atomic E-state index is 5.40. The molecule has 0 saturated heterocycles. The lowest BCUT2D eigenvalue weighted by molar-refractivity contribution is 0.631. The molecule has 0 radical (unpaired) electrons. The fourth-order valence-electron chi connectivity index (χ4n) is 11.7. The van der Waals surface area contributed by atoms with E-state index < -0.39 is 0 Å². The van der Waals surface area contributed by atoms with Gasteiger partial charge in [-0.25, -0.2) is 19.9 Å². The molecule has 80 heavy (non-hydrogen) atoms. The molecule has 12 aromatic rings. The Bertz CT molecular complexity index is 3820. The number of rotatable bonds is 9. The molecule has 0 unspecified atom stereocenters. The molecule has 2 aliphatic rings. The molecule has 0 fully saturated rings. The van der Waals surface area contributed by atoms with Gasteiger partial charge >= 0.3 is 0 Å². The average molecular weight is 1030 g/mol. The van der Waals surface area contributed by atoms with Crippen LogP contribution in [0.15, 0.2) is 243 Å². The van der Waals surface area contributed by atoms with Crippen LogP contribution in [0.2, 0.25) is 0 Å². The summed E-state index contributed by atoms with van der Waals surface area (Å²) in [7, 11) is 0. The Morgan fingerprint density at radius 1 is 0.287 bits per heavy atom. The maximum atomic E-state index is 5.40. The summed E-state index contributed by atoms with van der Waals surface area (Å²) >= 11 is 0. The maximum Gasteiger partial charge on any atom is 0.162 e. The van der Waals surface area contributed by atoms with E-state index >= 15 is 0 Å². The molecule has 8 heterocycles. The summed E-state index contributed by atoms with van der Waals surface area (Å²) in [5.74, 6) is 1.09. The molecule has 10 heteroatoms. The van der Waals surface area contributed by atoms with Gasteiger partial charge < -0.3 is 9.80 Å². The van der Waals surface area contributed by atoms with Crippen LogP contribution in [0.3, 0.4) is 0 Å². The summed E-state index contributed by atoms with van der Waals surface area (Å²) in [5, 5.41) is 0. The Hall–Kier alpha value is -10.3. The molecule has 0 saturated carbocycles. The third-order valence-electron chi connectivity index (χ3n) is 15.7. The highest BCUT2D eigenvalue weighted by atomic mass is 15.2. The van der Waals surface area contributed by atoms with Gasteiger partial charge in [-0.05, 0) is 155 Å². The summed E-state index contributed by atoms with van der Waals surface area (Å²) in [4.78, 5) is 44.4. The van der Waals surface area contributed by atoms with Crippen LogP contribution in [0, 0.1) is 0 Å². The van der Waals surface area contributed by atoms with Gasteiger partial charge in [0.05, 0.1) is 56.9 Å². The quantitative estimate of drug-likeness (QED) is 0.139. The highest BCUT2D eigenvalue weighted by Gasteiger charge is 2.38. The molecule has 2 aliphatic heterocycles. The predicted octanol–water partition coefficient (Wildman–Crippen LogP) is 16.7. The van der Waals surface area contributed by atoms with E-state index in [4.69, 9.17) is 29.9 Å². The molecule has 0 bridgehead atoms. The van der Waals surface area contributed by atoms with Crippen molar-refractivity contribution in [1.29, 1.82) is 0 Å². The Kier molecular flexibility index (Phi) is 11.6. The normalized spacial score (nSPS) is 13.7. The molecular weight excluding hydrogens is 981 g/mol. The number of hydrogen-bond donors (Lipinski definition) is 0. The second kappa shape index (κ2) is 19.3. The van der Waals surface area contributed by atoms with Crippen molar-refractivity contribution in [3.63, 3.8) is 0 Å².